The van der Waals surface area contributed by atoms with Crippen molar-refractivity contribution in [1.82, 2.24) is 0 Å². The van der Waals surface area contributed by atoms with Gasteiger partial charge in [0.1, 0.15) is 0 Å². The van der Waals surface area contributed by atoms with Gasteiger partial charge < -0.3 is 0 Å². The highest BCUT2D eigenvalue weighted by molar-refractivity contribution is 4.60. The van der Waals surface area contributed by atoms with Crippen LogP contribution in [0.25, 0.3) is 0 Å². The summed E-state index contributed by atoms with van der Waals surface area (Å²) in [6.07, 6.45) is 7.95. The second kappa shape index (κ2) is 7.64. The van der Waals surface area contributed by atoms with Crippen molar-refractivity contribution < 1.29 is 0 Å². The summed E-state index contributed by atoms with van der Waals surface area (Å²) >= 11 is 0. The lowest BCUT2D eigenvalue weighted by molar-refractivity contribution is 0.380. The molecule has 0 rings (SSSR count). The minimum atomic E-state index is 0.892. The monoisotopic (exact) mass is 169 g/mol. The van der Waals surface area contributed by atoms with Crippen molar-refractivity contribution in [3.05, 3.63) is 6.92 Å². The molecule has 12 heavy (non-hydrogen) atoms. The van der Waals surface area contributed by atoms with Gasteiger partial charge in [0.05, 0.1) is 0 Å². The van der Waals surface area contributed by atoms with E-state index in [2.05, 4.69) is 27.7 Å². The molecule has 0 aliphatic heterocycles. The predicted molar refractivity (Wildman–Crippen MR) is 57.1 cm³/mol. The van der Waals surface area contributed by atoms with Crippen LogP contribution in [-0.4, -0.2) is 0 Å². The molecule has 0 aromatic rings. The van der Waals surface area contributed by atoms with Gasteiger partial charge in [-0.25, -0.2) is 0 Å². The molecule has 0 bridgehead atoms. The van der Waals surface area contributed by atoms with Gasteiger partial charge in [0.15, 0.2) is 0 Å². The Labute approximate surface area is 78.8 Å². The summed E-state index contributed by atoms with van der Waals surface area (Å²) in [6, 6.07) is 0. The van der Waals surface area contributed by atoms with Crippen LogP contribution in [0.4, 0.5) is 0 Å². The van der Waals surface area contributed by atoms with Gasteiger partial charge in [0.2, 0.25) is 0 Å². The molecule has 1 radical (unpaired) electrons. The summed E-state index contributed by atoms with van der Waals surface area (Å²) in [4.78, 5) is 0. The van der Waals surface area contributed by atoms with Crippen molar-refractivity contribution in [2.45, 2.75) is 59.3 Å². The first-order valence-corrected chi connectivity index (χ1v) is 5.53. The summed E-state index contributed by atoms with van der Waals surface area (Å²) in [5, 5.41) is 0. The SMILES string of the molecule is [CH2]CCC(C)CCC(CC)CC. The zero-order valence-corrected chi connectivity index (χ0v) is 9.10. The fraction of sp³-hybridized carbons (Fsp3) is 0.917. The Morgan fingerprint density at radius 1 is 1.00 bits per heavy atom. The van der Waals surface area contributed by atoms with E-state index in [0.717, 1.165) is 18.3 Å². The molecule has 0 N–H and O–H groups in total. The molecule has 1 atom stereocenters. The standard InChI is InChI=1S/C12H25/c1-5-8-11(4)9-10-12(6-2)7-3/h11-12H,1,5-10H2,2-4H3. The van der Waals surface area contributed by atoms with Crippen LogP contribution in [0, 0.1) is 18.8 Å². The Balaban J connectivity index is 3.37. The normalized spacial score (nSPS) is 13.8. The Hall–Kier alpha value is 0. The van der Waals surface area contributed by atoms with Crippen LogP contribution >= 0.6 is 0 Å². The largest absolute Gasteiger partial charge is 0.0651 e. The second-order valence-electron chi connectivity index (χ2n) is 4.01. The first-order valence-electron chi connectivity index (χ1n) is 5.53. The Kier molecular flexibility index (Phi) is 7.64. The van der Waals surface area contributed by atoms with Gasteiger partial charge in [0.25, 0.3) is 0 Å². The van der Waals surface area contributed by atoms with Crippen LogP contribution in [-0.2, 0) is 0 Å². The molecule has 0 heteroatoms. The van der Waals surface area contributed by atoms with Crippen molar-refractivity contribution >= 4 is 0 Å². The Bertz CT molecular complexity index is 82.0. The summed E-state index contributed by atoms with van der Waals surface area (Å²) < 4.78 is 0. The molecule has 0 heterocycles. The molecule has 0 amide bonds. The summed E-state index contributed by atoms with van der Waals surface area (Å²) in [5.74, 6) is 1.86. The quantitative estimate of drug-likeness (QED) is 0.528. The average Bonchev–Trinajstić information content (AvgIpc) is 2.07. The molecule has 0 fully saturated rings. The third-order valence-electron chi connectivity index (χ3n) is 2.92. The van der Waals surface area contributed by atoms with Crippen LogP contribution in [0.3, 0.4) is 0 Å². The molecule has 0 aromatic heterocycles. The maximum Gasteiger partial charge on any atom is -0.0419 e. The highest BCUT2D eigenvalue weighted by atomic mass is 14.1. The van der Waals surface area contributed by atoms with E-state index in [9.17, 15) is 0 Å². The minimum Gasteiger partial charge on any atom is -0.0651 e. The summed E-state index contributed by atoms with van der Waals surface area (Å²) in [6.45, 7) is 10.9. The van der Waals surface area contributed by atoms with Crippen molar-refractivity contribution in [2.75, 3.05) is 0 Å². The van der Waals surface area contributed by atoms with Gasteiger partial charge in [-0.2, -0.15) is 0 Å². The maximum absolute atomic E-state index is 3.89. The van der Waals surface area contributed by atoms with Gasteiger partial charge in [0, 0.05) is 0 Å². The van der Waals surface area contributed by atoms with Crippen LogP contribution in [0.15, 0.2) is 0 Å². The average molecular weight is 169 g/mol. The molecule has 0 aliphatic rings. The van der Waals surface area contributed by atoms with Crippen LogP contribution < -0.4 is 0 Å². The molecule has 0 nitrogen and oxygen atoms in total. The fourth-order valence-corrected chi connectivity index (χ4v) is 1.71. The highest BCUT2D eigenvalue weighted by Gasteiger charge is 2.06. The zero-order chi connectivity index (χ0) is 9.40. The molecule has 0 spiro atoms. The van der Waals surface area contributed by atoms with E-state index in [1.807, 2.05) is 0 Å². The minimum absolute atomic E-state index is 0.892. The fourth-order valence-electron chi connectivity index (χ4n) is 1.71. The van der Waals surface area contributed by atoms with Crippen LogP contribution in [0.5, 0.6) is 0 Å². The van der Waals surface area contributed by atoms with Crippen LogP contribution in [0.1, 0.15) is 59.3 Å². The van der Waals surface area contributed by atoms with E-state index < -0.39 is 0 Å². The van der Waals surface area contributed by atoms with E-state index in [0.29, 0.717) is 0 Å². The predicted octanol–water partition coefficient (Wildman–Crippen LogP) is 4.45. The first kappa shape index (κ1) is 12.0. The lowest BCUT2D eigenvalue weighted by Crippen LogP contribution is -2.01. The van der Waals surface area contributed by atoms with Crippen molar-refractivity contribution in [3.8, 4) is 0 Å². The molecule has 73 valence electrons. The summed E-state index contributed by atoms with van der Waals surface area (Å²) in [5.41, 5.74) is 0. The Morgan fingerprint density at radius 2 is 1.58 bits per heavy atom. The maximum atomic E-state index is 3.89. The highest BCUT2D eigenvalue weighted by Crippen LogP contribution is 2.20. The number of rotatable bonds is 7. The summed E-state index contributed by atoms with van der Waals surface area (Å²) in [7, 11) is 0. The van der Waals surface area contributed by atoms with E-state index >= 15 is 0 Å². The van der Waals surface area contributed by atoms with Gasteiger partial charge in [-0.1, -0.05) is 66.2 Å². The first-order chi connectivity index (χ1) is 5.74. The van der Waals surface area contributed by atoms with Crippen molar-refractivity contribution in [3.63, 3.8) is 0 Å². The molecule has 0 saturated heterocycles. The number of hydrogen-bond acceptors (Lipinski definition) is 0. The zero-order valence-electron chi connectivity index (χ0n) is 9.10. The molecule has 0 aromatic carbocycles. The smallest absolute Gasteiger partial charge is 0.0419 e. The topological polar surface area (TPSA) is 0 Å². The van der Waals surface area contributed by atoms with Crippen molar-refractivity contribution in [2.24, 2.45) is 11.8 Å². The molecule has 0 saturated carbocycles. The molecular formula is C12H25. The molecule has 1 unspecified atom stereocenters. The Morgan fingerprint density at radius 3 is 2.00 bits per heavy atom. The lowest BCUT2D eigenvalue weighted by atomic mass is 9.91. The third kappa shape index (κ3) is 5.62. The number of hydrogen-bond donors (Lipinski definition) is 0. The van der Waals surface area contributed by atoms with E-state index in [1.54, 1.807) is 0 Å². The lowest BCUT2D eigenvalue weighted by Gasteiger charge is -2.15. The van der Waals surface area contributed by atoms with Gasteiger partial charge in [-0.3, -0.25) is 0 Å². The third-order valence-corrected chi connectivity index (χ3v) is 2.92. The van der Waals surface area contributed by atoms with Gasteiger partial charge in [-0.15, -0.1) is 0 Å². The van der Waals surface area contributed by atoms with Crippen molar-refractivity contribution in [1.29, 1.82) is 0 Å². The van der Waals surface area contributed by atoms with E-state index in [1.165, 1.54) is 32.1 Å². The van der Waals surface area contributed by atoms with Crippen LogP contribution in [0.2, 0.25) is 0 Å². The van der Waals surface area contributed by atoms with Gasteiger partial charge in [-0.05, 0) is 11.8 Å². The van der Waals surface area contributed by atoms with E-state index in [4.69, 9.17) is 0 Å². The second-order valence-corrected chi connectivity index (χ2v) is 4.01. The molecular weight excluding hydrogens is 144 g/mol. The molecule has 0 aliphatic carbocycles. The van der Waals surface area contributed by atoms with Gasteiger partial charge >= 0.3 is 0 Å². The van der Waals surface area contributed by atoms with E-state index in [-0.39, 0.29) is 0 Å².